The predicted octanol–water partition coefficient (Wildman–Crippen LogP) is 4.33. The highest BCUT2D eigenvalue weighted by atomic mass is 35.5. The third kappa shape index (κ3) is 5.10. The van der Waals surface area contributed by atoms with Crippen molar-refractivity contribution in [2.24, 2.45) is 5.92 Å². The van der Waals surface area contributed by atoms with Crippen LogP contribution < -0.4 is 4.74 Å². The van der Waals surface area contributed by atoms with Crippen LogP contribution in [-0.2, 0) is 13.2 Å². The second-order valence-corrected chi connectivity index (χ2v) is 7.42. The number of Topliss-reactive ketones (excluding diaryl/α,β-unsaturated/α-hetero) is 1. The largest absolute Gasteiger partial charge is 0.494 e. The number of piperidine rings is 1. The summed E-state index contributed by atoms with van der Waals surface area (Å²) in [6, 6.07) is 13.2. The highest BCUT2D eigenvalue weighted by Gasteiger charge is 2.26. The maximum atomic E-state index is 12.8. The van der Waals surface area contributed by atoms with Crippen molar-refractivity contribution in [2.45, 2.75) is 32.9 Å². The number of benzene rings is 2. The summed E-state index contributed by atoms with van der Waals surface area (Å²) >= 11 is 6.03. The summed E-state index contributed by atoms with van der Waals surface area (Å²) in [5, 5.41) is 10.2. The Balaban J connectivity index is 1.67. The Labute approximate surface area is 165 Å². The second-order valence-electron chi connectivity index (χ2n) is 6.98. The van der Waals surface area contributed by atoms with E-state index in [9.17, 15) is 9.90 Å². The molecule has 0 amide bonds. The Morgan fingerprint density at radius 2 is 2.15 bits per heavy atom. The molecule has 144 valence electrons. The van der Waals surface area contributed by atoms with Gasteiger partial charge in [-0.1, -0.05) is 29.8 Å². The predicted molar refractivity (Wildman–Crippen MR) is 107 cm³/mol. The van der Waals surface area contributed by atoms with Crippen LogP contribution in [0.25, 0.3) is 0 Å². The van der Waals surface area contributed by atoms with Crippen LogP contribution in [0, 0.1) is 5.92 Å². The fourth-order valence-electron chi connectivity index (χ4n) is 3.70. The fraction of sp³-hybridized carbons (Fsp3) is 0.409. The first-order valence-electron chi connectivity index (χ1n) is 9.48. The molecule has 1 saturated heterocycles. The molecule has 1 heterocycles. The van der Waals surface area contributed by atoms with Crippen molar-refractivity contribution in [1.29, 1.82) is 0 Å². The molecular weight excluding hydrogens is 362 g/mol. The summed E-state index contributed by atoms with van der Waals surface area (Å²) in [5.41, 5.74) is 2.62. The van der Waals surface area contributed by atoms with Gasteiger partial charge in [-0.05, 0) is 56.1 Å². The lowest BCUT2D eigenvalue weighted by atomic mass is 9.90. The number of hydrogen-bond donors (Lipinski definition) is 1. The van der Waals surface area contributed by atoms with Gasteiger partial charge in [0, 0.05) is 35.2 Å². The normalized spacial score (nSPS) is 17.7. The van der Waals surface area contributed by atoms with Gasteiger partial charge in [-0.3, -0.25) is 9.69 Å². The third-order valence-corrected chi connectivity index (χ3v) is 5.22. The number of carbonyl (C=O) groups excluding carboxylic acids is 1. The van der Waals surface area contributed by atoms with E-state index in [1.807, 2.05) is 37.3 Å². The molecule has 0 unspecified atom stereocenters. The summed E-state index contributed by atoms with van der Waals surface area (Å²) in [7, 11) is 0. The molecule has 2 aromatic carbocycles. The second kappa shape index (κ2) is 9.36. The van der Waals surface area contributed by atoms with E-state index in [-0.39, 0.29) is 18.3 Å². The molecule has 0 aliphatic carbocycles. The Kier molecular flexibility index (Phi) is 6.89. The van der Waals surface area contributed by atoms with Gasteiger partial charge in [-0.25, -0.2) is 0 Å². The van der Waals surface area contributed by atoms with Gasteiger partial charge in [0.2, 0.25) is 0 Å². The van der Waals surface area contributed by atoms with Crippen molar-refractivity contribution in [3.05, 3.63) is 64.2 Å². The van der Waals surface area contributed by atoms with Crippen LogP contribution >= 0.6 is 11.6 Å². The average molecular weight is 388 g/mol. The quantitative estimate of drug-likeness (QED) is 0.718. The molecular formula is C22H26ClNO3. The lowest BCUT2D eigenvalue weighted by Gasteiger charge is -2.32. The van der Waals surface area contributed by atoms with Crippen molar-refractivity contribution in [2.75, 3.05) is 19.7 Å². The fourth-order valence-corrected chi connectivity index (χ4v) is 3.89. The zero-order valence-corrected chi connectivity index (χ0v) is 16.4. The van der Waals surface area contributed by atoms with E-state index < -0.39 is 0 Å². The van der Waals surface area contributed by atoms with Crippen molar-refractivity contribution >= 4 is 17.4 Å². The van der Waals surface area contributed by atoms with E-state index in [4.69, 9.17) is 16.3 Å². The molecule has 5 heteroatoms. The zero-order valence-electron chi connectivity index (χ0n) is 15.7. The summed E-state index contributed by atoms with van der Waals surface area (Å²) in [4.78, 5) is 15.1. The highest BCUT2D eigenvalue weighted by Crippen LogP contribution is 2.25. The van der Waals surface area contributed by atoms with Gasteiger partial charge in [-0.15, -0.1) is 0 Å². The number of likely N-dealkylation sites (tertiary alicyclic amines) is 1. The Hall–Kier alpha value is -1.88. The van der Waals surface area contributed by atoms with Crippen molar-refractivity contribution < 1.29 is 14.6 Å². The van der Waals surface area contributed by atoms with E-state index >= 15 is 0 Å². The number of aliphatic hydroxyl groups excluding tert-OH is 1. The summed E-state index contributed by atoms with van der Waals surface area (Å²) in [6.07, 6.45) is 1.91. The molecule has 0 aromatic heterocycles. The highest BCUT2D eigenvalue weighted by molar-refractivity contribution is 6.31. The number of ether oxygens (including phenoxy) is 1. The summed E-state index contributed by atoms with van der Waals surface area (Å²) in [6.45, 7) is 4.94. The van der Waals surface area contributed by atoms with Gasteiger partial charge >= 0.3 is 0 Å². The van der Waals surface area contributed by atoms with Crippen LogP contribution in [0.3, 0.4) is 0 Å². The maximum absolute atomic E-state index is 12.8. The van der Waals surface area contributed by atoms with Crippen molar-refractivity contribution in [1.82, 2.24) is 4.90 Å². The number of rotatable bonds is 7. The van der Waals surface area contributed by atoms with Crippen LogP contribution in [0.1, 0.15) is 41.3 Å². The first kappa shape index (κ1) is 19.9. The van der Waals surface area contributed by atoms with Gasteiger partial charge < -0.3 is 9.84 Å². The zero-order chi connectivity index (χ0) is 19.2. The molecule has 1 aliphatic heterocycles. The lowest BCUT2D eigenvalue weighted by molar-refractivity contribution is 0.0811. The lowest BCUT2D eigenvalue weighted by Crippen LogP contribution is -2.38. The molecule has 1 N–H and O–H groups in total. The van der Waals surface area contributed by atoms with Crippen molar-refractivity contribution in [3.8, 4) is 5.75 Å². The number of ketones is 1. The van der Waals surface area contributed by atoms with Crippen LogP contribution in [0.2, 0.25) is 5.02 Å². The first-order valence-corrected chi connectivity index (χ1v) is 9.86. The molecule has 4 nitrogen and oxygen atoms in total. The third-order valence-electron chi connectivity index (χ3n) is 4.99. The van der Waals surface area contributed by atoms with Gasteiger partial charge in [-0.2, -0.15) is 0 Å². The standard InChI is InChI=1S/C22H26ClNO3/c1-2-27-21-9-8-16(11-19(21)15-25)13-24-10-4-6-18(14-24)22(26)17-5-3-7-20(23)12-17/h3,5,7-9,11-12,18,25H,2,4,6,10,13-15H2,1H3/t18-/m0/s1. The average Bonchev–Trinajstić information content (AvgIpc) is 2.69. The number of nitrogens with zero attached hydrogens (tertiary/aromatic N) is 1. The molecule has 27 heavy (non-hydrogen) atoms. The number of hydrogen-bond acceptors (Lipinski definition) is 4. The van der Waals surface area contributed by atoms with E-state index in [2.05, 4.69) is 4.90 Å². The minimum Gasteiger partial charge on any atom is -0.494 e. The van der Waals surface area contributed by atoms with Crippen LogP contribution in [-0.4, -0.2) is 35.5 Å². The van der Waals surface area contributed by atoms with Crippen LogP contribution in [0.4, 0.5) is 0 Å². The van der Waals surface area contributed by atoms with E-state index in [1.165, 1.54) is 0 Å². The molecule has 0 radical (unpaired) electrons. The number of halogens is 1. The van der Waals surface area contributed by atoms with Crippen LogP contribution in [0.15, 0.2) is 42.5 Å². The maximum Gasteiger partial charge on any atom is 0.167 e. The minimum absolute atomic E-state index is 0.00257. The van der Waals surface area contributed by atoms with Gasteiger partial charge in [0.05, 0.1) is 13.2 Å². The van der Waals surface area contributed by atoms with Crippen molar-refractivity contribution in [3.63, 3.8) is 0 Å². The molecule has 2 aromatic rings. The topological polar surface area (TPSA) is 49.8 Å². The summed E-state index contributed by atoms with van der Waals surface area (Å²) in [5.74, 6) is 0.901. The number of carbonyl (C=O) groups is 1. The molecule has 3 rings (SSSR count). The first-order chi connectivity index (χ1) is 13.1. The molecule has 1 aliphatic rings. The smallest absolute Gasteiger partial charge is 0.167 e. The van der Waals surface area contributed by atoms with Crippen LogP contribution in [0.5, 0.6) is 5.75 Å². The molecule has 0 saturated carbocycles. The molecule has 1 atom stereocenters. The summed E-state index contributed by atoms with van der Waals surface area (Å²) < 4.78 is 5.55. The molecule has 0 spiro atoms. The minimum atomic E-state index is -0.0426. The number of aliphatic hydroxyl groups is 1. The van der Waals surface area contributed by atoms with E-state index in [1.54, 1.807) is 12.1 Å². The SMILES string of the molecule is CCOc1ccc(CN2CCC[C@H](C(=O)c3cccc(Cl)c3)C2)cc1CO. The van der Waals surface area contributed by atoms with Gasteiger partial charge in [0.1, 0.15) is 5.75 Å². The van der Waals surface area contributed by atoms with E-state index in [0.717, 1.165) is 49.4 Å². The molecule has 1 fully saturated rings. The van der Waals surface area contributed by atoms with E-state index in [0.29, 0.717) is 17.2 Å². The Morgan fingerprint density at radius 1 is 1.30 bits per heavy atom. The van der Waals surface area contributed by atoms with Gasteiger partial charge in [0.25, 0.3) is 0 Å². The van der Waals surface area contributed by atoms with Gasteiger partial charge in [0.15, 0.2) is 5.78 Å². The molecule has 0 bridgehead atoms. The monoisotopic (exact) mass is 387 g/mol. The Morgan fingerprint density at radius 3 is 2.89 bits per heavy atom. The Bertz CT molecular complexity index is 793.